The van der Waals surface area contributed by atoms with E-state index in [1.807, 2.05) is 0 Å². The molecule has 0 fully saturated rings. The lowest BCUT2D eigenvalue weighted by Gasteiger charge is -2.08. The molecule has 2 rings (SSSR count). The zero-order chi connectivity index (χ0) is 17.0. The van der Waals surface area contributed by atoms with Crippen molar-refractivity contribution in [3.63, 3.8) is 0 Å². The second-order valence-electron chi connectivity index (χ2n) is 4.28. The number of fused-ring (bicyclic) bond motifs is 1. The summed E-state index contributed by atoms with van der Waals surface area (Å²) in [5, 5.41) is 16.9. The number of ether oxygens (including phenoxy) is 1. The summed E-state index contributed by atoms with van der Waals surface area (Å²) in [6, 6.07) is 2.81. The van der Waals surface area contributed by atoms with Gasteiger partial charge in [-0.3, -0.25) is 14.8 Å². The van der Waals surface area contributed by atoms with Crippen molar-refractivity contribution >= 4 is 23.2 Å². The van der Waals surface area contributed by atoms with Crippen LogP contribution in [-0.2, 0) is 4.74 Å². The number of pyridine rings is 1. The largest absolute Gasteiger partial charge is 0.522 e. The molecule has 0 spiro atoms. The van der Waals surface area contributed by atoms with E-state index in [1.54, 1.807) is 0 Å². The average Bonchev–Trinajstić information content (AvgIpc) is 2.85. The number of aromatic nitrogens is 2. The van der Waals surface area contributed by atoms with E-state index in [0.717, 1.165) is 0 Å². The van der Waals surface area contributed by atoms with Crippen LogP contribution in [0.1, 0.15) is 10.4 Å². The first-order valence-electron chi connectivity index (χ1n) is 6.22. The summed E-state index contributed by atoms with van der Waals surface area (Å²) in [5.41, 5.74) is 0.608. The summed E-state index contributed by atoms with van der Waals surface area (Å²) in [6.45, 7) is -1.07. The number of hydrogen-bond donors (Lipinski definition) is 3. The van der Waals surface area contributed by atoms with Gasteiger partial charge < -0.3 is 10.4 Å². The van der Waals surface area contributed by atoms with E-state index in [-0.39, 0.29) is 17.8 Å². The highest BCUT2D eigenvalue weighted by Gasteiger charge is 2.28. The minimum atomic E-state index is -4.76. The van der Waals surface area contributed by atoms with Crippen molar-refractivity contribution in [1.29, 1.82) is 0 Å². The number of carbonyl (C=O) groups is 2. The molecule has 3 N–H and O–H groups in total. The molecule has 2 aromatic rings. The normalized spacial score (nSPS) is 11.4. The third-order valence-electron chi connectivity index (χ3n) is 2.67. The maximum atomic E-state index is 11.9. The molecule has 8 nitrogen and oxygen atoms in total. The van der Waals surface area contributed by atoms with Crippen molar-refractivity contribution in [3.8, 4) is 0 Å². The molecule has 2 aromatic heterocycles. The molecule has 0 saturated carbocycles. The maximum Gasteiger partial charge on any atom is 0.522 e. The van der Waals surface area contributed by atoms with Gasteiger partial charge in [0.2, 0.25) is 0 Å². The zero-order valence-electron chi connectivity index (χ0n) is 11.4. The number of carbonyl (C=O) groups excluding carboxylic acids is 1. The summed E-state index contributed by atoms with van der Waals surface area (Å²) >= 11 is 0. The van der Waals surface area contributed by atoms with Gasteiger partial charge in [0, 0.05) is 18.4 Å². The Morgan fingerprint density at radius 2 is 2.13 bits per heavy atom. The molecule has 0 aliphatic carbocycles. The molecule has 0 aliphatic rings. The van der Waals surface area contributed by atoms with Gasteiger partial charge in [0.1, 0.15) is 0 Å². The van der Waals surface area contributed by atoms with E-state index < -0.39 is 25.0 Å². The van der Waals surface area contributed by atoms with Crippen LogP contribution in [0.3, 0.4) is 0 Å². The molecule has 2 heterocycles. The van der Waals surface area contributed by atoms with Gasteiger partial charge in [-0.1, -0.05) is 0 Å². The van der Waals surface area contributed by atoms with Gasteiger partial charge in [0.25, 0.3) is 5.91 Å². The second kappa shape index (κ2) is 6.52. The minimum absolute atomic E-state index is 0.0889. The van der Waals surface area contributed by atoms with Crippen molar-refractivity contribution in [2.75, 3.05) is 18.5 Å². The predicted molar refractivity (Wildman–Crippen MR) is 71.2 cm³/mol. The standard InChI is InChI=1S/C12H11F3N4O4/c13-12(14,15)23-4-2-16-10(20)8-6-17-19-3-1-7(5-9(8)19)18-11(21)22/h1,3,5-6,18H,2,4H2,(H,16,20)(H,21,22). The van der Waals surface area contributed by atoms with Crippen LogP contribution in [-0.4, -0.2) is 46.2 Å². The van der Waals surface area contributed by atoms with Crippen LogP contribution in [0.2, 0.25) is 0 Å². The maximum absolute atomic E-state index is 11.9. The van der Waals surface area contributed by atoms with Crippen LogP contribution in [0.15, 0.2) is 24.5 Å². The Hall–Kier alpha value is -2.82. The molecule has 2 amide bonds. The summed E-state index contributed by atoms with van der Waals surface area (Å²) in [4.78, 5) is 22.5. The third kappa shape index (κ3) is 4.57. The molecule has 0 saturated heterocycles. The van der Waals surface area contributed by atoms with Gasteiger partial charge in [-0.2, -0.15) is 5.10 Å². The van der Waals surface area contributed by atoms with E-state index in [1.165, 1.54) is 29.0 Å². The van der Waals surface area contributed by atoms with E-state index >= 15 is 0 Å². The van der Waals surface area contributed by atoms with Gasteiger partial charge in [0.05, 0.1) is 23.9 Å². The molecular formula is C12H11F3N4O4. The fourth-order valence-corrected chi connectivity index (χ4v) is 1.78. The van der Waals surface area contributed by atoms with Crippen LogP contribution in [0.25, 0.3) is 5.52 Å². The average molecular weight is 332 g/mol. The van der Waals surface area contributed by atoms with E-state index in [2.05, 4.69) is 20.5 Å². The van der Waals surface area contributed by atoms with Crippen molar-refractivity contribution < 1.29 is 32.6 Å². The predicted octanol–water partition coefficient (Wildman–Crippen LogP) is 1.69. The Labute approximate surface area is 126 Å². The number of carboxylic acid groups (broad SMARTS) is 1. The highest BCUT2D eigenvalue weighted by atomic mass is 19.4. The minimum Gasteiger partial charge on any atom is -0.465 e. The Balaban J connectivity index is 2.06. The van der Waals surface area contributed by atoms with Crippen LogP contribution in [0.4, 0.5) is 23.7 Å². The fraction of sp³-hybridized carbons (Fsp3) is 0.250. The van der Waals surface area contributed by atoms with Crippen LogP contribution in [0.5, 0.6) is 0 Å². The number of anilines is 1. The molecule has 11 heteroatoms. The van der Waals surface area contributed by atoms with Gasteiger partial charge in [0.15, 0.2) is 0 Å². The number of amides is 2. The van der Waals surface area contributed by atoms with Crippen LogP contribution < -0.4 is 10.6 Å². The second-order valence-corrected chi connectivity index (χ2v) is 4.28. The first kappa shape index (κ1) is 16.5. The number of hydrogen-bond acceptors (Lipinski definition) is 4. The molecular weight excluding hydrogens is 321 g/mol. The van der Waals surface area contributed by atoms with Crippen molar-refractivity contribution in [2.24, 2.45) is 0 Å². The fourth-order valence-electron chi connectivity index (χ4n) is 1.78. The Kier molecular flexibility index (Phi) is 4.69. The smallest absolute Gasteiger partial charge is 0.465 e. The Morgan fingerprint density at radius 1 is 1.39 bits per heavy atom. The lowest BCUT2D eigenvalue weighted by Crippen LogP contribution is -2.29. The van der Waals surface area contributed by atoms with Crippen molar-refractivity contribution in [3.05, 3.63) is 30.1 Å². The van der Waals surface area contributed by atoms with Crippen molar-refractivity contribution in [1.82, 2.24) is 14.9 Å². The quantitative estimate of drug-likeness (QED) is 0.723. The van der Waals surface area contributed by atoms with Crippen LogP contribution in [0, 0.1) is 0 Å². The van der Waals surface area contributed by atoms with Gasteiger partial charge in [-0.05, 0) is 12.1 Å². The molecule has 0 radical (unpaired) electrons. The number of halogens is 3. The molecule has 0 unspecified atom stereocenters. The van der Waals surface area contributed by atoms with Crippen molar-refractivity contribution in [2.45, 2.75) is 6.36 Å². The summed E-state index contributed by atoms with van der Waals surface area (Å²) in [5.74, 6) is -0.654. The highest BCUT2D eigenvalue weighted by molar-refractivity contribution is 6.01. The van der Waals surface area contributed by atoms with Gasteiger partial charge >= 0.3 is 12.5 Å². The topological polar surface area (TPSA) is 105 Å². The van der Waals surface area contributed by atoms with E-state index in [9.17, 15) is 22.8 Å². The third-order valence-corrected chi connectivity index (χ3v) is 2.67. The molecule has 124 valence electrons. The Morgan fingerprint density at radius 3 is 2.78 bits per heavy atom. The number of rotatable bonds is 5. The summed E-state index contributed by atoms with van der Waals surface area (Å²) < 4.78 is 40.3. The molecule has 0 aliphatic heterocycles. The molecule has 0 atom stereocenters. The zero-order valence-corrected chi connectivity index (χ0v) is 11.4. The van der Waals surface area contributed by atoms with E-state index in [4.69, 9.17) is 5.11 Å². The lowest BCUT2D eigenvalue weighted by atomic mass is 10.2. The number of alkyl halides is 3. The first-order valence-corrected chi connectivity index (χ1v) is 6.22. The SMILES string of the molecule is O=C(O)Nc1ccn2ncc(C(=O)NCCOC(F)(F)F)c2c1. The summed E-state index contributed by atoms with van der Waals surface area (Å²) in [7, 11) is 0. The van der Waals surface area contributed by atoms with E-state index in [0.29, 0.717) is 5.52 Å². The molecule has 0 bridgehead atoms. The van der Waals surface area contributed by atoms with Crippen LogP contribution >= 0.6 is 0 Å². The monoisotopic (exact) mass is 332 g/mol. The number of nitrogens with zero attached hydrogens (tertiary/aromatic N) is 2. The highest BCUT2D eigenvalue weighted by Crippen LogP contribution is 2.17. The lowest BCUT2D eigenvalue weighted by molar-refractivity contribution is -0.323. The first-order chi connectivity index (χ1) is 10.8. The molecule has 23 heavy (non-hydrogen) atoms. The van der Waals surface area contributed by atoms with Gasteiger partial charge in [-0.25, -0.2) is 9.31 Å². The Bertz CT molecular complexity index is 729. The molecule has 0 aromatic carbocycles. The number of nitrogens with one attached hydrogen (secondary N) is 2. The van der Waals surface area contributed by atoms with Gasteiger partial charge in [-0.15, -0.1) is 13.2 Å². The summed E-state index contributed by atoms with van der Waals surface area (Å²) in [6.07, 6.45) is -3.37.